The minimum atomic E-state index is -3.22. The van der Waals surface area contributed by atoms with E-state index < -0.39 is 16.1 Å². The summed E-state index contributed by atoms with van der Waals surface area (Å²) in [5, 5.41) is 16.5. The lowest BCUT2D eigenvalue weighted by Gasteiger charge is -2.36. The zero-order chi connectivity index (χ0) is 22.4. The number of rotatable bonds is 8. The number of hydrogen-bond acceptors (Lipinski definition) is 8. The Morgan fingerprint density at radius 1 is 1.29 bits per heavy atom. The van der Waals surface area contributed by atoms with Gasteiger partial charge in [0.15, 0.2) is 11.5 Å². The minimum absolute atomic E-state index is 0.0775. The fraction of sp³-hybridized carbons (Fsp3) is 0.650. The van der Waals surface area contributed by atoms with Crippen LogP contribution in [0.4, 0.5) is 5.69 Å². The minimum Gasteiger partial charge on any atom is -0.489 e. The lowest BCUT2D eigenvalue weighted by atomic mass is 9.93. The molecule has 1 amide bonds. The van der Waals surface area contributed by atoms with Crippen molar-refractivity contribution in [1.29, 1.82) is 0 Å². The molecule has 0 spiro atoms. The Kier molecular flexibility index (Phi) is 7.98. The van der Waals surface area contributed by atoms with E-state index in [0.29, 0.717) is 62.9 Å². The summed E-state index contributed by atoms with van der Waals surface area (Å²) in [6, 6.07) is 3.55. The maximum absolute atomic E-state index is 12.9. The van der Waals surface area contributed by atoms with E-state index in [0.717, 1.165) is 24.9 Å². The van der Waals surface area contributed by atoms with Crippen LogP contribution in [0.3, 0.4) is 0 Å². The van der Waals surface area contributed by atoms with Gasteiger partial charge in [0.25, 0.3) is 5.91 Å². The van der Waals surface area contributed by atoms with Gasteiger partial charge in [0.2, 0.25) is 10.0 Å². The first-order chi connectivity index (χ1) is 14.8. The van der Waals surface area contributed by atoms with Gasteiger partial charge < -0.3 is 25.2 Å². The van der Waals surface area contributed by atoms with Gasteiger partial charge in [-0.15, -0.1) is 0 Å². The number of piperidine rings is 1. The average Bonchev–Trinajstić information content (AvgIpc) is 2.96. The molecule has 0 aromatic heterocycles. The summed E-state index contributed by atoms with van der Waals surface area (Å²) < 4.78 is 36.3. The molecule has 1 fully saturated rings. The molecule has 174 valence electrons. The van der Waals surface area contributed by atoms with Crippen molar-refractivity contribution in [2.24, 2.45) is 5.92 Å². The van der Waals surface area contributed by atoms with Crippen molar-refractivity contribution >= 4 is 21.6 Å². The molecule has 1 aromatic carbocycles. The lowest BCUT2D eigenvalue weighted by Crippen LogP contribution is -2.49. The highest BCUT2D eigenvalue weighted by Gasteiger charge is 2.29. The molecule has 1 saturated heterocycles. The molecule has 1 unspecified atom stereocenters. The van der Waals surface area contributed by atoms with Gasteiger partial charge in [-0.2, -0.15) is 0 Å². The summed E-state index contributed by atoms with van der Waals surface area (Å²) in [4.78, 5) is 14.9. The van der Waals surface area contributed by atoms with E-state index in [1.807, 2.05) is 11.0 Å². The van der Waals surface area contributed by atoms with Gasteiger partial charge in [0.05, 0.1) is 31.1 Å². The second-order valence-corrected chi connectivity index (χ2v) is 9.78. The smallest absolute Gasteiger partial charge is 0.255 e. The Morgan fingerprint density at radius 2 is 2.06 bits per heavy atom. The number of aliphatic hydroxyl groups excluding tert-OH is 1. The van der Waals surface area contributed by atoms with Crippen LogP contribution in [0.5, 0.6) is 11.5 Å². The van der Waals surface area contributed by atoms with E-state index >= 15 is 0 Å². The van der Waals surface area contributed by atoms with Gasteiger partial charge in [-0.1, -0.05) is 0 Å². The summed E-state index contributed by atoms with van der Waals surface area (Å²) in [6.45, 7) is 3.36. The fourth-order valence-corrected chi connectivity index (χ4v) is 4.24. The number of fused-ring (bicyclic) bond motifs is 1. The van der Waals surface area contributed by atoms with Crippen molar-refractivity contribution in [1.82, 2.24) is 14.9 Å². The number of benzene rings is 1. The van der Waals surface area contributed by atoms with Crippen LogP contribution < -0.4 is 24.8 Å². The second-order valence-electron chi connectivity index (χ2n) is 7.94. The number of β-amino-alcohol motifs (C(OH)–C–C–N with tert-alkyl or cyclic N) is 1. The molecule has 2 atom stereocenters. The van der Waals surface area contributed by atoms with Gasteiger partial charge in [0.1, 0.15) is 0 Å². The molecule has 0 bridgehead atoms. The highest BCUT2D eigenvalue weighted by atomic mass is 32.2. The number of carbonyl (C=O) groups excluding carboxylic acids is 1. The maximum Gasteiger partial charge on any atom is 0.255 e. The first kappa shape index (κ1) is 23.6. The van der Waals surface area contributed by atoms with Crippen molar-refractivity contribution in [2.45, 2.75) is 18.9 Å². The van der Waals surface area contributed by atoms with Gasteiger partial charge in [-0.25, -0.2) is 13.1 Å². The molecule has 2 aliphatic heterocycles. The molecule has 2 heterocycles. The van der Waals surface area contributed by atoms with E-state index in [1.54, 1.807) is 13.1 Å². The van der Waals surface area contributed by atoms with E-state index in [-0.39, 0.29) is 11.8 Å². The molecular weight excluding hydrogens is 424 g/mol. The quantitative estimate of drug-likeness (QED) is 0.425. The first-order valence-electron chi connectivity index (χ1n) is 10.5. The second kappa shape index (κ2) is 10.5. The van der Waals surface area contributed by atoms with Gasteiger partial charge in [-0.3, -0.25) is 9.69 Å². The number of likely N-dealkylation sites (tertiary alicyclic amines) is 1. The fourth-order valence-electron chi connectivity index (χ4n) is 3.78. The molecule has 10 nitrogen and oxygen atoms in total. The zero-order valence-corrected chi connectivity index (χ0v) is 18.8. The Labute approximate surface area is 183 Å². The van der Waals surface area contributed by atoms with Crippen LogP contribution in [0.2, 0.25) is 0 Å². The lowest BCUT2D eigenvalue weighted by molar-refractivity contribution is 0.0231. The normalized spacial score (nSPS) is 21.9. The summed E-state index contributed by atoms with van der Waals surface area (Å²) >= 11 is 0. The Bertz CT molecular complexity index is 879. The number of nitrogens with zero attached hydrogens (tertiary/aromatic N) is 1. The van der Waals surface area contributed by atoms with Crippen molar-refractivity contribution in [3.63, 3.8) is 0 Å². The number of anilines is 1. The number of sulfonamides is 1. The number of hydrogen-bond donors (Lipinski definition) is 4. The number of aliphatic hydroxyl groups is 1. The maximum atomic E-state index is 12.9. The topological polar surface area (TPSA) is 129 Å². The Hall–Kier alpha value is -2.08. The van der Waals surface area contributed by atoms with Crippen LogP contribution in [0.25, 0.3) is 0 Å². The van der Waals surface area contributed by atoms with Crippen molar-refractivity contribution in [3.8, 4) is 11.5 Å². The summed E-state index contributed by atoms with van der Waals surface area (Å²) in [5.41, 5.74) is 1.16. The van der Waals surface area contributed by atoms with E-state index in [2.05, 4.69) is 15.4 Å². The van der Waals surface area contributed by atoms with Crippen LogP contribution in [0.15, 0.2) is 12.1 Å². The molecule has 4 N–H and O–H groups in total. The van der Waals surface area contributed by atoms with E-state index in [4.69, 9.17) is 9.47 Å². The first-order valence-corrected chi connectivity index (χ1v) is 12.4. The van der Waals surface area contributed by atoms with Crippen LogP contribution >= 0.6 is 0 Å². The van der Waals surface area contributed by atoms with Crippen molar-refractivity contribution in [3.05, 3.63) is 17.7 Å². The summed E-state index contributed by atoms with van der Waals surface area (Å²) in [7, 11) is -1.44. The SMILES string of the molecule is CNc1cc2c(c(C(=O)NC[C@@H]3CCN(CCNS(C)(=O)=O)CC3O)c1)OCCCO2. The van der Waals surface area contributed by atoms with Crippen LogP contribution in [0.1, 0.15) is 23.2 Å². The predicted molar refractivity (Wildman–Crippen MR) is 117 cm³/mol. The van der Waals surface area contributed by atoms with E-state index in [1.165, 1.54) is 0 Å². The highest BCUT2D eigenvalue weighted by Crippen LogP contribution is 2.36. The number of carbonyl (C=O) groups is 1. The van der Waals surface area contributed by atoms with Crippen molar-refractivity contribution in [2.75, 3.05) is 64.6 Å². The molecule has 0 saturated carbocycles. The van der Waals surface area contributed by atoms with Crippen molar-refractivity contribution < 1.29 is 27.8 Å². The van der Waals surface area contributed by atoms with E-state index in [9.17, 15) is 18.3 Å². The van der Waals surface area contributed by atoms with Gasteiger partial charge >= 0.3 is 0 Å². The summed E-state index contributed by atoms with van der Waals surface area (Å²) in [5.74, 6) is 0.644. The van der Waals surface area contributed by atoms with Gasteiger partial charge in [-0.05, 0) is 19.0 Å². The number of ether oxygens (including phenoxy) is 2. The molecule has 1 aromatic rings. The average molecular weight is 457 g/mol. The number of nitrogens with one attached hydrogen (secondary N) is 3. The predicted octanol–water partition coefficient (Wildman–Crippen LogP) is -0.149. The van der Waals surface area contributed by atoms with Crippen LogP contribution in [-0.4, -0.2) is 89.7 Å². The monoisotopic (exact) mass is 456 g/mol. The largest absolute Gasteiger partial charge is 0.489 e. The third-order valence-corrected chi connectivity index (χ3v) is 6.23. The third kappa shape index (κ3) is 6.70. The summed E-state index contributed by atoms with van der Waals surface area (Å²) in [6.07, 6.45) is 1.97. The van der Waals surface area contributed by atoms with Gasteiger partial charge in [0, 0.05) is 57.3 Å². The molecule has 31 heavy (non-hydrogen) atoms. The molecule has 0 radical (unpaired) electrons. The zero-order valence-electron chi connectivity index (χ0n) is 18.0. The Balaban J connectivity index is 1.55. The standard InChI is InChI=1S/C20H32N4O6S/c1-21-15-10-16(19-18(11-15)29-8-3-9-30-19)20(26)22-12-14-4-6-24(13-17(14)25)7-5-23-31(2,27)28/h10-11,14,17,21,23,25H,3-9,12-13H2,1-2H3,(H,22,26)/t14-,17?/m0/s1. The third-order valence-electron chi connectivity index (χ3n) is 5.50. The molecule has 3 rings (SSSR count). The molecule has 2 aliphatic rings. The molecular formula is C20H32N4O6S. The number of amides is 1. The van der Waals surface area contributed by atoms with Crippen LogP contribution in [0, 0.1) is 5.92 Å². The van der Waals surface area contributed by atoms with Crippen LogP contribution in [-0.2, 0) is 10.0 Å². The Morgan fingerprint density at radius 3 is 2.77 bits per heavy atom. The molecule has 11 heteroatoms. The highest BCUT2D eigenvalue weighted by molar-refractivity contribution is 7.88. The molecule has 0 aliphatic carbocycles.